The Morgan fingerprint density at radius 2 is 1.65 bits per heavy atom. The smallest absolute Gasteiger partial charge is 0.244 e. The van der Waals surface area contributed by atoms with Crippen molar-refractivity contribution in [2.24, 2.45) is 0 Å². The standard InChI is InChI=1S/C28H39N3O5S/c1-4-26(28(33)29-23-14-10-7-11-15-23)30(20-22-12-8-6-9-13-22)27(32)21-31(37(3,34)35)24-16-18-25(19-17-24)36-5-2/h6,8-9,12-13,16-19,23,26H,4-5,7,10-11,14-15,20-21H2,1-3H3,(H,29,33)/t26-/m0/s1. The molecule has 1 aliphatic rings. The summed E-state index contributed by atoms with van der Waals surface area (Å²) in [6.07, 6.45) is 6.71. The monoisotopic (exact) mass is 529 g/mol. The third kappa shape index (κ3) is 8.21. The summed E-state index contributed by atoms with van der Waals surface area (Å²) in [5.41, 5.74) is 1.23. The minimum Gasteiger partial charge on any atom is -0.494 e. The molecule has 0 saturated heterocycles. The number of hydrogen-bond acceptors (Lipinski definition) is 5. The Hall–Kier alpha value is -3.07. The van der Waals surface area contributed by atoms with E-state index in [1.807, 2.05) is 44.2 Å². The van der Waals surface area contributed by atoms with Gasteiger partial charge in [0.2, 0.25) is 21.8 Å². The molecule has 0 aliphatic heterocycles. The van der Waals surface area contributed by atoms with Crippen molar-refractivity contribution in [2.75, 3.05) is 23.7 Å². The molecule has 0 heterocycles. The van der Waals surface area contributed by atoms with Crippen LogP contribution in [0.2, 0.25) is 0 Å². The molecular formula is C28H39N3O5S. The van der Waals surface area contributed by atoms with Gasteiger partial charge >= 0.3 is 0 Å². The first-order valence-electron chi connectivity index (χ1n) is 13.1. The lowest BCUT2D eigenvalue weighted by molar-refractivity contribution is -0.140. The summed E-state index contributed by atoms with van der Waals surface area (Å²) in [6, 6.07) is 15.4. The van der Waals surface area contributed by atoms with Crippen LogP contribution in [0.4, 0.5) is 5.69 Å². The van der Waals surface area contributed by atoms with Crippen molar-refractivity contribution < 1.29 is 22.7 Å². The molecule has 9 heteroatoms. The topological polar surface area (TPSA) is 96.0 Å². The van der Waals surface area contributed by atoms with Gasteiger partial charge in [0.25, 0.3) is 0 Å². The zero-order chi connectivity index (χ0) is 26.8. The maximum atomic E-state index is 13.8. The van der Waals surface area contributed by atoms with E-state index in [-0.39, 0.29) is 18.5 Å². The highest BCUT2D eigenvalue weighted by Gasteiger charge is 2.32. The van der Waals surface area contributed by atoms with Crippen molar-refractivity contribution in [3.63, 3.8) is 0 Å². The van der Waals surface area contributed by atoms with Gasteiger partial charge in [-0.1, -0.05) is 56.5 Å². The van der Waals surface area contributed by atoms with Crippen LogP contribution in [0.5, 0.6) is 5.75 Å². The summed E-state index contributed by atoms with van der Waals surface area (Å²) >= 11 is 0. The molecule has 0 aromatic heterocycles. The molecule has 8 nitrogen and oxygen atoms in total. The number of carbonyl (C=O) groups excluding carboxylic acids is 2. The molecule has 0 radical (unpaired) electrons. The number of amides is 2. The van der Waals surface area contributed by atoms with Crippen molar-refractivity contribution in [3.05, 3.63) is 60.2 Å². The first kappa shape index (κ1) is 28.5. The van der Waals surface area contributed by atoms with E-state index in [0.29, 0.717) is 24.5 Å². The van der Waals surface area contributed by atoms with E-state index in [0.717, 1.165) is 41.8 Å². The SMILES string of the molecule is CCOc1ccc(N(CC(=O)N(Cc2ccccc2)[C@@H](CC)C(=O)NC2CCCCC2)S(C)(=O)=O)cc1. The van der Waals surface area contributed by atoms with Gasteiger partial charge in [-0.3, -0.25) is 13.9 Å². The Kier molecular flexibility index (Phi) is 10.4. The summed E-state index contributed by atoms with van der Waals surface area (Å²) in [5, 5.41) is 3.15. The second-order valence-corrected chi connectivity index (χ2v) is 11.4. The normalized spacial score (nSPS) is 15.0. The van der Waals surface area contributed by atoms with Crippen LogP contribution in [0.15, 0.2) is 54.6 Å². The number of benzene rings is 2. The quantitative estimate of drug-likeness (QED) is 0.447. The average molecular weight is 530 g/mol. The summed E-state index contributed by atoms with van der Waals surface area (Å²) in [7, 11) is -3.78. The lowest BCUT2D eigenvalue weighted by atomic mass is 9.95. The molecule has 1 N–H and O–H groups in total. The van der Waals surface area contributed by atoms with Crippen molar-refractivity contribution in [2.45, 2.75) is 71.0 Å². The predicted octanol–water partition coefficient (Wildman–Crippen LogP) is 4.11. The summed E-state index contributed by atoms with van der Waals surface area (Å²) in [4.78, 5) is 28.7. The van der Waals surface area contributed by atoms with Gasteiger partial charge in [-0.15, -0.1) is 0 Å². The van der Waals surface area contributed by atoms with Gasteiger partial charge in [0, 0.05) is 12.6 Å². The molecule has 3 rings (SSSR count). The van der Waals surface area contributed by atoms with E-state index in [2.05, 4.69) is 5.32 Å². The minimum absolute atomic E-state index is 0.111. The Bertz CT molecular complexity index is 1120. The number of ether oxygens (including phenoxy) is 1. The van der Waals surface area contributed by atoms with Crippen LogP contribution in [0, 0.1) is 0 Å². The minimum atomic E-state index is -3.78. The van der Waals surface area contributed by atoms with Crippen LogP contribution >= 0.6 is 0 Å². The summed E-state index contributed by atoms with van der Waals surface area (Å²) < 4.78 is 32.0. The van der Waals surface area contributed by atoms with Crippen molar-refractivity contribution >= 4 is 27.5 Å². The molecule has 0 spiro atoms. The molecule has 1 atom stereocenters. The fraction of sp³-hybridized carbons (Fsp3) is 0.500. The van der Waals surface area contributed by atoms with Gasteiger partial charge in [-0.25, -0.2) is 8.42 Å². The van der Waals surface area contributed by atoms with Crippen LogP contribution in [-0.4, -0.2) is 56.6 Å². The highest BCUT2D eigenvalue weighted by Crippen LogP contribution is 2.23. The molecule has 2 aromatic carbocycles. The molecule has 1 fully saturated rings. The largest absolute Gasteiger partial charge is 0.494 e. The lowest BCUT2D eigenvalue weighted by Crippen LogP contribution is -2.53. The number of nitrogens with one attached hydrogen (secondary N) is 1. The molecule has 1 aliphatic carbocycles. The van der Waals surface area contributed by atoms with E-state index >= 15 is 0 Å². The van der Waals surface area contributed by atoms with E-state index in [1.165, 1.54) is 11.3 Å². The summed E-state index contributed by atoms with van der Waals surface area (Å²) in [5.74, 6) is -0.0124. The fourth-order valence-electron chi connectivity index (χ4n) is 4.73. The van der Waals surface area contributed by atoms with E-state index < -0.39 is 28.5 Å². The number of sulfonamides is 1. The van der Waals surface area contributed by atoms with Gasteiger partial charge < -0.3 is 15.0 Å². The maximum absolute atomic E-state index is 13.8. The van der Waals surface area contributed by atoms with Gasteiger partial charge in [0.15, 0.2) is 0 Å². The molecule has 2 aromatic rings. The highest BCUT2D eigenvalue weighted by molar-refractivity contribution is 7.92. The average Bonchev–Trinajstić information content (AvgIpc) is 2.88. The molecule has 202 valence electrons. The Morgan fingerprint density at radius 1 is 1.00 bits per heavy atom. The first-order valence-corrected chi connectivity index (χ1v) is 14.9. The van der Waals surface area contributed by atoms with Crippen LogP contribution in [0.3, 0.4) is 0 Å². The van der Waals surface area contributed by atoms with Crippen LogP contribution in [0.25, 0.3) is 0 Å². The van der Waals surface area contributed by atoms with Gasteiger partial charge in [-0.05, 0) is 56.0 Å². The van der Waals surface area contributed by atoms with E-state index in [1.54, 1.807) is 24.3 Å². The predicted molar refractivity (Wildman–Crippen MR) is 146 cm³/mol. The third-order valence-corrected chi connectivity index (χ3v) is 7.79. The zero-order valence-electron chi connectivity index (χ0n) is 22.1. The molecule has 0 unspecified atom stereocenters. The molecule has 1 saturated carbocycles. The zero-order valence-corrected chi connectivity index (χ0v) is 22.9. The molecular weight excluding hydrogens is 490 g/mol. The summed E-state index contributed by atoms with van der Waals surface area (Å²) in [6.45, 7) is 4.02. The number of nitrogens with zero attached hydrogens (tertiary/aromatic N) is 2. The Morgan fingerprint density at radius 3 is 2.22 bits per heavy atom. The molecule has 0 bridgehead atoms. The number of hydrogen-bond donors (Lipinski definition) is 1. The number of anilines is 1. The lowest BCUT2D eigenvalue weighted by Gasteiger charge is -2.34. The van der Waals surface area contributed by atoms with Gasteiger partial charge in [0.05, 0.1) is 18.6 Å². The van der Waals surface area contributed by atoms with E-state index in [4.69, 9.17) is 4.74 Å². The number of rotatable bonds is 12. The molecule has 2 amide bonds. The first-order chi connectivity index (χ1) is 17.7. The van der Waals surface area contributed by atoms with E-state index in [9.17, 15) is 18.0 Å². The second kappa shape index (κ2) is 13.5. The van der Waals surface area contributed by atoms with Crippen LogP contribution in [-0.2, 0) is 26.2 Å². The number of carbonyl (C=O) groups is 2. The van der Waals surface area contributed by atoms with Crippen LogP contribution < -0.4 is 14.4 Å². The van der Waals surface area contributed by atoms with Gasteiger partial charge in [-0.2, -0.15) is 0 Å². The van der Waals surface area contributed by atoms with Crippen molar-refractivity contribution in [1.29, 1.82) is 0 Å². The highest BCUT2D eigenvalue weighted by atomic mass is 32.2. The van der Waals surface area contributed by atoms with Gasteiger partial charge in [0.1, 0.15) is 18.3 Å². The Balaban J connectivity index is 1.87. The Labute approximate surface area is 221 Å². The molecule has 37 heavy (non-hydrogen) atoms. The maximum Gasteiger partial charge on any atom is 0.244 e. The van der Waals surface area contributed by atoms with Crippen molar-refractivity contribution in [3.8, 4) is 5.75 Å². The fourth-order valence-corrected chi connectivity index (χ4v) is 5.58. The second-order valence-electron chi connectivity index (χ2n) is 9.47. The van der Waals surface area contributed by atoms with Crippen molar-refractivity contribution in [1.82, 2.24) is 10.2 Å². The van der Waals surface area contributed by atoms with Crippen LogP contribution in [0.1, 0.15) is 57.9 Å². The third-order valence-electron chi connectivity index (χ3n) is 6.65.